The first-order valence-corrected chi connectivity index (χ1v) is 11.4. The third-order valence-electron chi connectivity index (χ3n) is 5.65. The Labute approximate surface area is 185 Å². The Morgan fingerprint density at radius 1 is 1.26 bits per heavy atom. The Morgan fingerprint density at radius 2 is 2.06 bits per heavy atom. The minimum absolute atomic E-state index is 0.0506. The van der Waals surface area contributed by atoms with Gasteiger partial charge in [0.25, 0.3) is 5.91 Å². The standard InChI is InChI=1S/C23H26N4O3S/c1-15-19(16(2)30-26-15)13-27-11-10-18(8-9-22(27)28)24-23(29)20-14-31-21(25-20)12-17-6-4-3-5-7-17/h3-7,14,18H,8-13H2,1-2H3,(H,24,29). The smallest absolute Gasteiger partial charge is 0.270 e. The molecule has 4 rings (SSSR count). The van der Waals surface area contributed by atoms with Crippen LogP contribution in [0.4, 0.5) is 0 Å². The molecule has 3 aromatic rings. The van der Waals surface area contributed by atoms with Gasteiger partial charge in [0.05, 0.1) is 17.2 Å². The number of hydrogen-bond donors (Lipinski definition) is 1. The lowest BCUT2D eigenvalue weighted by atomic mass is 10.1. The van der Waals surface area contributed by atoms with Crippen LogP contribution in [0, 0.1) is 13.8 Å². The molecule has 31 heavy (non-hydrogen) atoms. The molecule has 0 aliphatic carbocycles. The van der Waals surface area contributed by atoms with Crippen LogP contribution < -0.4 is 5.32 Å². The van der Waals surface area contributed by atoms with Gasteiger partial charge in [-0.15, -0.1) is 11.3 Å². The third-order valence-corrected chi connectivity index (χ3v) is 6.50. The minimum atomic E-state index is -0.174. The van der Waals surface area contributed by atoms with Gasteiger partial charge in [0.15, 0.2) is 0 Å². The van der Waals surface area contributed by atoms with Crippen molar-refractivity contribution in [1.82, 2.24) is 20.4 Å². The Balaban J connectivity index is 1.33. The Bertz CT molecular complexity index is 1040. The topological polar surface area (TPSA) is 88.3 Å². The molecule has 1 saturated heterocycles. The molecular weight excluding hydrogens is 412 g/mol. The molecule has 1 aliphatic rings. The van der Waals surface area contributed by atoms with Gasteiger partial charge in [0, 0.05) is 36.4 Å². The first kappa shape index (κ1) is 21.2. The molecule has 1 aliphatic heterocycles. The SMILES string of the molecule is Cc1noc(C)c1CN1CCC(NC(=O)c2csc(Cc3ccccc3)n2)CCC1=O. The maximum atomic E-state index is 12.7. The van der Waals surface area contributed by atoms with Crippen molar-refractivity contribution in [3.05, 3.63) is 69.0 Å². The van der Waals surface area contributed by atoms with E-state index in [1.807, 2.05) is 36.9 Å². The van der Waals surface area contributed by atoms with Crippen LogP contribution in [0.15, 0.2) is 40.2 Å². The monoisotopic (exact) mass is 438 g/mol. The van der Waals surface area contributed by atoms with E-state index < -0.39 is 0 Å². The summed E-state index contributed by atoms with van der Waals surface area (Å²) < 4.78 is 5.21. The van der Waals surface area contributed by atoms with E-state index >= 15 is 0 Å². The number of aryl methyl sites for hydroxylation is 2. The number of thiazole rings is 1. The summed E-state index contributed by atoms with van der Waals surface area (Å²) >= 11 is 1.50. The molecule has 0 radical (unpaired) electrons. The summed E-state index contributed by atoms with van der Waals surface area (Å²) in [7, 11) is 0. The zero-order valence-corrected chi connectivity index (χ0v) is 18.6. The third kappa shape index (κ3) is 5.19. The molecule has 1 aromatic carbocycles. The molecular formula is C23H26N4O3S. The molecule has 0 bridgehead atoms. The van der Waals surface area contributed by atoms with Crippen LogP contribution in [0.25, 0.3) is 0 Å². The number of hydrogen-bond acceptors (Lipinski definition) is 6. The van der Waals surface area contributed by atoms with Crippen LogP contribution in [0.5, 0.6) is 0 Å². The molecule has 1 N–H and O–H groups in total. The molecule has 1 atom stereocenters. The molecule has 1 unspecified atom stereocenters. The van der Waals surface area contributed by atoms with Crippen LogP contribution in [0.2, 0.25) is 0 Å². The largest absolute Gasteiger partial charge is 0.361 e. The van der Waals surface area contributed by atoms with E-state index in [2.05, 4.69) is 27.6 Å². The van der Waals surface area contributed by atoms with E-state index in [0.29, 0.717) is 44.5 Å². The van der Waals surface area contributed by atoms with Gasteiger partial charge >= 0.3 is 0 Å². The Kier molecular flexibility index (Phi) is 6.46. The average molecular weight is 439 g/mol. The van der Waals surface area contributed by atoms with Crippen molar-refractivity contribution in [1.29, 1.82) is 0 Å². The second-order valence-electron chi connectivity index (χ2n) is 7.90. The van der Waals surface area contributed by atoms with Crippen molar-refractivity contribution < 1.29 is 14.1 Å². The van der Waals surface area contributed by atoms with Gasteiger partial charge < -0.3 is 14.7 Å². The number of amides is 2. The lowest BCUT2D eigenvalue weighted by molar-refractivity contribution is -0.131. The maximum Gasteiger partial charge on any atom is 0.270 e. The molecule has 8 heteroatoms. The zero-order chi connectivity index (χ0) is 21.8. The summed E-state index contributed by atoms with van der Waals surface area (Å²) in [5.41, 5.74) is 3.39. The van der Waals surface area contributed by atoms with Crippen molar-refractivity contribution in [2.45, 2.75) is 52.1 Å². The fourth-order valence-corrected chi connectivity index (χ4v) is 4.60. The van der Waals surface area contributed by atoms with Crippen molar-refractivity contribution in [3.8, 4) is 0 Å². The number of carbonyl (C=O) groups is 2. The number of nitrogens with zero attached hydrogens (tertiary/aromatic N) is 3. The van der Waals surface area contributed by atoms with Gasteiger partial charge in [-0.3, -0.25) is 9.59 Å². The number of rotatable bonds is 6. The van der Waals surface area contributed by atoms with E-state index in [4.69, 9.17) is 4.52 Å². The van der Waals surface area contributed by atoms with Crippen LogP contribution in [0.1, 0.15) is 57.3 Å². The molecule has 3 heterocycles. The predicted octanol–water partition coefficient (Wildman–Crippen LogP) is 3.65. The van der Waals surface area contributed by atoms with Gasteiger partial charge in [0.2, 0.25) is 5.91 Å². The number of nitrogens with one attached hydrogen (secondary N) is 1. The normalized spacial score (nSPS) is 16.9. The highest BCUT2D eigenvalue weighted by molar-refractivity contribution is 7.09. The minimum Gasteiger partial charge on any atom is -0.361 e. The summed E-state index contributed by atoms with van der Waals surface area (Å²) in [6.45, 7) is 4.83. The van der Waals surface area contributed by atoms with E-state index in [1.165, 1.54) is 16.9 Å². The number of likely N-dealkylation sites (tertiary alicyclic amines) is 1. The van der Waals surface area contributed by atoms with Crippen molar-refractivity contribution in [2.75, 3.05) is 6.54 Å². The van der Waals surface area contributed by atoms with E-state index in [9.17, 15) is 9.59 Å². The van der Waals surface area contributed by atoms with E-state index in [1.54, 1.807) is 5.38 Å². The lowest BCUT2D eigenvalue weighted by Gasteiger charge is -2.21. The second-order valence-corrected chi connectivity index (χ2v) is 8.85. The first-order chi connectivity index (χ1) is 15.0. The quantitative estimate of drug-likeness (QED) is 0.635. The highest BCUT2D eigenvalue weighted by atomic mass is 32.1. The second kappa shape index (κ2) is 9.43. The van der Waals surface area contributed by atoms with Crippen LogP contribution in [-0.2, 0) is 17.8 Å². The molecule has 0 saturated carbocycles. The molecule has 2 amide bonds. The molecule has 0 spiro atoms. The summed E-state index contributed by atoms with van der Waals surface area (Å²) in [6.07, 6.45) is 2.46. The van der Waals surface area contributed by atoms with Gasteiger partial charge in [-0.2, -0.15) is 0 Å². The van der Waals surface area contributed by atoms with Gasteiger partial charge in [-0.25, -0.2) is 4.98 Å². The molecule has 2 aromatic heterocycles. The van der Waals surface area contributed by atoms with E-state index in [-0.39, 0.29) is 17.9 Å². The number of aromatic nitrogens is 2. The molecule has 7 nitrogen and oxygen atoms in total. The van der Waals surface area contributed by atoms with Crippen LogP contribution in [0.3, 0.4) is 0 Å². The summed E-state index contributed by atoms with van der Waals surface area (Å²) in [5, 5.41) is 9.76. The Morgan fingerprint density at radius 3 is 2.81 bits per heavy atom. The summed E-state index contributed by atoms with van der Waals surface area (Å²) in [6, 6.07) is 10.0. The van der Waals surface area contributed by atoms with Gasteiger partial charge in [-0.1, -0.05) is 35.5 Å². The predicted molar refractivity (Wildman–Crippen MR) is 118 cm³/mol. The van der Waals surface area contributed by atoms with Crippen LogP contribution in [-0.4, -0.2) is 39.4 Å². The van der Waals surface area contributed by atoms with Gasteiger partial charge in [0.1, 0.15) is 11.5 Å². The van der Waals surface area contributed by atoms with Crippen LogP contribution >= 0.6 is 11.3 Å². The van der Waals surface area contributed by atoms with Gasteiger partial charge in [-0.05, 0) is 32.3 Å². The molecule has 1 fully saturated rings. The Hall–Kier alpha value is -3.00. The van der Waals surface area contributed by atoms with E-state index in [0.717, 1.165) is 22.0 Å². The number of carbonyl (C=O) groups excluding carboxylic acids is 2. The summed E-state index contributed by atoms with van der Waals surface area (Å²) in [5.74, 6) is 0.664. The van der Waals surface area contributed by atoms with Crippen molar-refractivity contribution in [3.63, 3.8) is 0 Å². The lowest BCUT2D eigenvalue weighted by Crippen LogP contribution is -2.36. The van der Waals surface area contributed by atoms with Crippen molar-refractivity contribution in [2.24, 2.45) is 0 Å². The molecule has 162 valence electrons. The first-order valence-electron chi connectivity index (χ1n) is 10.5. The fourth-order valence-electron chi connectivity index (χ4n) is 3.79. The van der Waals surface area contributed by atoms with Crippen molar-refractivity contribution >= 4 is 23.2 Å². The fraction of sp³-hybridized carbons (Fsp3) is 0.391. The average Bonchev–Trinajstić information content (AvgIpc) is 3.31. The summed E-state index contributed by atoms with van der Waals surface area (Å²) in [4.78, 5) is 31.6. The number of benzene rings is 1. The highest BCUT2D eigenvalue weighted by Gasteiger charge is 2.26. The zero-order valence-electron chi connectivity index (χ0n) is 17.8. The maximum absolute atomic E-state index is 12.7. The highest BCUT2D eigenvalue weighted by Crippen LogP contribution is 2.20.